The van der Waals surface area contributed by atoms with E-state index in [0.717, 1.165) is 0 Å². The quantitative estimate of drug-likeness (QED) is 0.530. The lowest BCUT2D eigenvalue weighted by molar-refractivity contribution is -0.126. The van der Waals surface area contributed by atoms with Gasteiger partial charge in [-0.05, 0) is 42.7 Å². The van der Waals surface area contributed by atoms with Crippen LogP contribution in [-0.2, 0) is 20.6 Å². The number of rotatable bonds is 9. The molecule has 1 heterocycles. The van der Waals surface area contributed by atoms with Gasteiger partial charge in [0.05, 0.1) is 35.4 Å². The predicted octanol–water partition coefficient (Wildman–Crippen LogP) is 3.74. The van der Waals surface area contributed by atoms with Crippen molar-refractivity contribution in [3.63, 3.8) is 0 Å². The van der Waals surface area contributed by atoms with Crippen LogP contribution in [0.3, 0.4) is 0 Å². The molecule has 1 unspecified atom stereocenters. The average molecular weight is 501 g/mol. The number of benzene rings is 2. The molecule has 0 bridgehead atoms. The van der Waals surface area contributed by atoms with Gasteiger partial charge in [-0.1, -0.05) is 41.4 Å². The van der Waals surface area contributed by atoms with Gasteiger partial charge >= 0.3 is 0 Å². The van der Waals surface area contributed by atoms with Crippen LogP contribution < -0.4 is 14.8 Å². The minimum atomic E-state index is -3.59. The first-order valence-corrected chi connectivity index (χ1v) is 12.6. The normalized spacial score (nSPS) is 17.0. The Balaban J connectivity index is 1.50. The van der Waals surface area contributed by atoms with E-state index in [1.807, 2.05) is 12.1 Å². The Hall–Kier alpha value is -2.00. The SMILES string of the molecule is COc1ccccc1OCCNC(=O)C1CCCN(S(=O)(=O)Cc2ccc(Cl)c(Cl)c2)C1. The lowest BCUT2D eigenvalue weighted by Crippen LogP contribution is -2.46. The van der Waals surface area contributed by atoms with Crippen molar-refractivity contribution < 1.29 is 22.7 Å². The number of hydrogen-bond acceptors (Lipinski definition) is 5. The van der Waals surface area contributed by atoms with Crippen LogP contribution in [0.25, 0.3) is 0 Å². The van der Waals surface area contributed by atoms with Gasteiger partial charge < -0.3 is 14.8 Å². The third-order valence-electron chi connectivity index (χ3n) is 5.21. The number of nitrogens with zero attached hydrogens (tertiary/aromatic N) is 1. The number of carbonyl (C=O) groups excluding carboxylic acids is 1. The van der Waals surface area contributed by atoms with Gasteiger partial charge in [0.25, 0.3) is 0 Å². The Morgan fingerprint density at radius 2 is 1.91 bits per heavy atom. The summed E-state index contributed by atoms with van der Waals surface area (Å²) in [6.45, 7) is 1.13. The number of nitrogens with one attached hydrogen (secondary N) is 1. The lowest BCUT2D eigenvalue weighted by Gasteiger charge is -2.31. The molecule has 32 heavy (non-hydrogen) atoms. The molecule has 0 aromatic heterocycles. The first-order chi connectivity index (χ1) is 15.3. The minimum Gasteiger partial charge on any atom is -0.493 e. The standard InChI is InChI=1S/C22H26Cl2N2O5S/c1-30-20-6-2-3-7-21(20)31-12-10-25-22(27)17-5-4-11-26(14-17)32(28,29)15-16-8-9-18(23)19(24)13-16/h2-3,6-9,13,17H,4-5,10-12,14-15H2,1H3,(H,25,27). The highest BCUT2D eigenvalue weighted by atomic mass is 35.5. The zero-order valence-corrected chi connectivity index (χ0v) is 20.0. The van der Waals surface area contributed by atoms with Crippen molar-refractivity contribution >= 4 is 39.1 Å². The highest BCUT2D eigenvalue weighted by Crippen LogP contribution is 2.27. The van der Waals surface area contributed by atoms with Crippen molar-refractivity contribution in [2.75, 3.05) is 33.4 Å². The van der Waals surface area contributed by atoms with Crippen LogP contribution in [0.4, 0.5) is 0 Å². The summed E-state index contributed by atoms with van der Waals surface area (Å²) in [6.07, 6.45) is 1.26. The summed E-state index contributed by atoms with van der Waals surface area (Å²) < 4.78 is 38.0. The van der Waals surface area contributed by atoms with Gasteiger partial charge in [-0.2, -0.15) is 0 Å². The molecule has 1 amide bonds. The zero-order valence-electron chi connectivity index (χ0n) is 17.7. The van der Waals surface area contributed by atoms with Gasteiger partial charge in [0.1, 0.15) is 6.61 Å². The first kappa shape index (κ1) is 24.6. The van der Waals surface area contributed by atoms with Crippen LogP contribution in [0.15, 0.2) is 42.5 Å². The Morgan fingerprint density at radius 1 is 1.16 bits per heavy atom. The molecule has 3 rings (SSSR count). The van der Waals surface area contributed by atoms with Crippen LogP contribution in [0.5, 0.6) is 11.5 Å². The molecule has 0 radical (unpaired) electrons. The monoisotopic (exact) mass is 500 g/mol. The topological polar surface area (TPSA) is 84.9 Å². The van der Waals surface area contributed by atoms with Crippen molar-refractivity contribution in [1.82, 2.24) is 9.62 Å². The third kappa shape index (κ3) is 6.51. The molecule has 1 saturated heterocycles. The molecule has 1 fully saturated rings. The molecule has 0 spiro atoms. The van der Waals surface area contributed by atoms with Crippen LogP contribution in [0.2, 0.25) is 10.0 Å². The molecule has 0 saturated carbocycles. The van der Waals surface area contributed by atoms with E-state index < -0.39 is 15.9 Å². The maximum atomic E-state index is 12.9. The van der Waals surface area contributed by atoms with Crippen LogP contribution >= 0.6 is 23.2 Å². The fourth-order valence-electron chi connectivity index (χ4n) is 3.56. The van der Waals surface area contributed by atoms with Crippen molar-refractivity contribution in [1.29, 1.82) is 0 Å². The average Bonchev–Trinajstić information content (AvgIpc) is 2.79. The van der Waals surface area contributed by atoms with Crippen molar-refractivity contribution in [2.24, 2.45) is 5.92 Å². The Morgan fingerprint density at radius 3 is 2.62 bits per heavy atom. The van der Waals surface area contributed by atoms with Gasteiger partial charge in [-0.15, -0.1) is 0 Å². The number of amides is 1. The summed E-state index contributed by atoms with van der Waals surface area (Å²) in [5.41, 5.74) is 0.555. The third-order valence-corrected chi connectivity index (χ3v) is 7.76. The number of ether oxygens (including phenoxy) is 2. The summed E-state index contributed by atoms with van der Waals surface area (Å²) in [6, 6.07) is 12.0. The molecular formula is C22H26Cl2N2O5S. The maximum absolute atomic E-state index is 12.9. The molecule has 7 nitrogen and oxygen atoms in total. The van der Waals surface area contributed by atoms with Gasteiger partial charge in [0.15, 0.2) is 11.5 Å². The van der Waals surface area contributed by atoms with Gasteiger partial charge in [-0.25, -0.2) is 12.7 Å². The highest BCUT2D eigenvalue weighted by molar-refractivity contribution is 7.88. The maximum Gasteiger partial charge on any atom is 0.224 e. The van der Waals surface area contributed by atoms with Crippen molar-refractivity contribution in [3.05, 3.63) is 58.1 Å². The molecule has 1 aliphatic heterocycles. The lowest BCUT2D eigenvalue weighted by atomic mass is 9.99. The van der Waals surface area contributed by atoms with Crippen molar-refractivity contribution in [2.45, 2.75) is 18.6 Å². The summed E-state index contributed by atoms with van der Waals surface area (Å²) in [7, 11) is -2.02. The molecule has 2 aromatic rings. The molecule has 2 aromatic carbocycles. The highest BCUT2D eigenvalue weighted by Gasteiger charge is 2.32. The molecule has 1 aliphatic rings. The summed E-state index contributed by atoms with van der Waals surface area (Å²) in [5.74, 6) is 0.447. The second-order valence-electron chi connectivity index (χ2n) is 7.49. The van der Waals surface area contributed by atoms with E-state index in [1.165, 1.54) is 4.31 Å². The molecule has 1 atom stereocenters. The first-order valence-electron chi connectivity index (χ1n) is 10.3. The zero-order chi connectivity index (χ0) is 23.1. The van der Waals surface area contributed by atoms with Crippen molar-refractivity contribution in [3.8, 4) is 11.5 Å². The van der Waals surface area contributed by atoms with E-state index in [4.69, 9.17) is 32.7 Å². The molecule has 0 aliphatic carbocycles. The second-order valence-corrected chi connectivity index (χ2v) is 10.3. The van der Waals surface area contributed by atoms with E-state index >= 15 is 0 Å². The number of para-hydroxylation sites is 2. The largest absolute Gasteiger partial charge is 0.493 e. The minimum absolute atomic E-state index is 0.156. The smallest absolute Gasteiger partial charge is 0.224 e. The number of sulfonamides is 1. The summed E-state index contributed by atoms with van der Waals surface area (Å²) >= 11 is 11.9. The number of hydrogen-bond donors (Lipinski definition) is 1. The Labute approximate surface area is 198 Å². The van der Waals surface area contributed by atoms with Gasteiger partial charge in [-0.3, -0.25) is 4.79 Å². The molecule has 10 heteroatoms. The van der Waals surface area contributed by atoms with Crippen LogP contribution in [-0.4, -0.2) is 52.0 Å². The summed E-state index contributed by atoms with van der Waals surface area (Å²) in [4.78, 5) is 12.6. The van der Waals surface area contributed by atoms with E-state index in [-0.39, 0.29) is 24.8 Å². The van der Waals surface area contributed by atoms with E-state index in [2.05, 4.69) is 5.32 Å². The molecule has 1 N–H and O–H groups in total. The second kappa shape index (κ2) is 11.2. The fourth-order valence-corrected chi connectivity index (χ4v) is 5.48. The predicted molar refractivity (Wildman–Crippen MR) is 125 cm³/mol. The van der Waals surface area contributed by atoms with Crippen LogP contribution in [0.1, 0.15) is 18.4 Å². The van der Waals surface area contributed by atoms with E-state index in [0.29, 0.717) is 53.0 Å². The summed E-state index contributed by atoms with van der Waals surface area (Å²) in [5, 5.41) is 3.52. The number of methoxy groups -OCH3 is 1. The Bertz CT molecular complexity index is 1050. The van der Waals surface area contributed by atoms with E-state index in [9.17, 15) is 13.2 Å². The number of piperidine rings is 1. The number of carbonyl (C=O) groups is 1. The van der Waals surface area contributed by atoms with Gasteiger partial charge in [0.2, 0.25) is 15.9 Å². The van der Waals surface area contributed by atoms with Gasteiger partial charge in [0, 0.05) is 13.1 Å². The molecular weight excluding hydrogens is 475 g/mol. The van der Waals surface area contributed by atoms with E-state index in [1.54, 1.807) is 37.4 Å². The Kier molecular flexibility index (Phi) is 8.64. The number of halogens is 2. The molecule has 174 valence electrons. The fraction of sp³-hybridized carbons (Fsp3) is 0.409. The van der Waals surface area contributed by atoms with Crippen LogP contribution in [0, 0.1) is 5.92 Å².